The molecular weight excluding hydrogens is 1260 g/mol. The first kappa shape index (κ1) is 60.4. The summed E-state index contributed by atoms with van der Waals surface area (Å²) in [4.78, 5) is 19.5. The maximum atomic E-state index is 6.36. The minimum Gasteiger partial charge on any atom is -0.399 e. The molecule has 0 unspecified atom stereocenters. The predicted octanol–water partition coefficient (Wildman–Crippen LogP) is 23.6. The SMILES string of the molecule is Brc1cccc(-c2cc3ccccc3c3ccccc23)c1.CC1(C)OB(c2ccc(-c3ccc4ccc5cccnc5c4n3)c3ccccc23)OC1(C)C.c1cc(-c2ccc(-c3ccc4ccc5cccnc5c4n3)c3ccccc23)cc(-c2cc3ccccc3c3ccccc23)c1. The molecule has 466 valence electrons. The maximum absolute atomic E-state index is 6.36. The molecular formula is C90H64BBrN4O2. The van der Waals surface area contributed by atoms with Crippen molar-refractivity contribution in [1.82, 2.24) is 19.9 Å². The molecule has 5 heterocycles. The molecule has 4 aromatic heterocycles. The zero-order valence-corrected chi connectivity index (χ0v) is 56.2. The van der Waals surface area contributed by atoms with Crippen molar-refractivity contribution in [1.29, 1.82) is 0 Å². The lowest BCUT2D eigenvalue weighted by molar-refractivity contribution is 0.00578. The second-order valence-electron chi connectivity index (χ2n) is 26.3. The number of aromatic nitrogens is 4. The molecule has 1 aliphatic heterocycles. The molecule has 19 rings (SSSR count). The van der Waals surface area contributed by atoms with Crippen LogP contribution in [0.25, 0.3) is 164 Å². The first-order chi connectivity index (χ1) is 48.0. The summed E-state index contributed by atoms with van der Waals surface area (Å²) in [6, 6.07) is 108. The molecule has 0 amide bonds. The van der Waals surface area contributed by atoms with Gasteiger partial charge in [-0.25, -0.2) is 9.97 Å². The molecule has 0 bridgehead atoms. The summed E-state index contributed by atoms with van der Waals surface area (Å²) in [5.74, 6) is 0. The number of fused-ring (bicyclic) bond motifs is 14. The van der Waals surface area contributed by atoms with Gasteiger partial charge in [0.1, 0.15) is 0 Å². The van der Waals surface area contributed by atoms with Crippen molar-refractivity contribution >= 4 is 137 Å². The zero-order valence-electron chi connectivity index (χ0n) is 54.6. The van der Waals surface area contributed by atoms with Crippen LogP contribution in [0.4, 0.5) is 0 Å². The Bertz CT molecular complexity index is 6190. The Hall–Kier alpha value is -11.3. The van der Waals surface area contributed by atoms with E-state index in [9.17, 15) is 0 Å². The maximum Gasteiger partial charge on any atom is 0.495 e. The molecule has 6 nitrogen and oxygen atoms in total. The van der Waals surface area contributed by atoms with Crippen LogP contribution in [-0.2, 0) is 9.31 Å². The fourth-order valence-electron chi connectivity index (χ4n) is 14.3. The van der Waals surface area contributed by atoms with Gasteiger partial charge in [-0.15, -0.1) is 0 Å². The quantitative estimate of drug-likeness (QED) is 0.122. The first-order valence-corrected chi connectivity index (χ1v) is 34.1. The zero-order chi connectivity index (χ0) is 66.1. The molecule has 0 saturated carbocycles. The number of benzene rings is 14. The van der Waals surface area contributed by atoms with Crippen LogP contribution in [0.5, 0.6) is 0 Å². The molecule has 0 N–H and O–H groups in total. The second kappa shape index (κ2) is 24.7. The number of hydrogen-bond acceptors (Lipinski definition) is 6. The molecule has 14 aromatic carbocycles. The fraction of sp³-hybridized carbons (Fsp3) is 0.0667. The monoisotopic (exact) mass is 1320 g/mol. The lowest BCUT2D eigenvalue weighted by Crippen LogP contribution is -2.41. The van der Waals surface area contributed by atoms with Gasteiger partial charge in [-0.3, -0.25) is 9.97 Å². The molecule has 0 radical (unpaired) electrons. The Labute approximate surface area is 577 Å². The van der Waals surface area contributed by atoms with Gasteiger partial charge in [-0.1, -0.05) is 265 Å². The molecule has 1 saturated heterocycles. The van der Waals surface area contributed by atoms with Crippen LogP contribution in [0, 0.1) is 0 Å². The number of halogens is 1. The Morgan fingerprint density at radius 1 is 0.276 bits per heavy atom. The molecule has 0 aliphatic carbocycles. The second-order valence-corrected chi connectivity index (χ2v) is 27.2. The molecule has 1 fully saturated rings. The van der Waals surface area contributed by atoms with Crippen molar-refractivity contribution in [3.63, 3.8) is 0 Å². The topological polar surface area (TPSA) is 70.0 Å². The summed E-state index contributed by atoms with van der Waals surface area (Å²) >= 11 is 3.57. The van der Waals surface area contributed by atoms with E-state index in [0.717, 1.165) is 86.8 Å². The third kappa shape index (κ3) is 10.9. The van der Waals surface area contributed by atoms with Crippen molar-refractivity contribution in [2.45, 2.75) is 38.9 Å². The van der Waals surface area contributed by atoms with Gasteiger partial charge in [0, 0.05) is 49.5 Å². The third-order valence-corrected chi connectivity index (χ3v) is 20.5. The summed E-state index contributed by atoms with van der Waals surface area (Å²) in [5.41, 5.74) is 15.5. The average Bonchev–Trinajstić information content (AvgIpc) is 1.19. The van der Waals surface area contributed by atoms with Gasteiger partial charge in [0.25, 0.3) is 0 Å². The van der Waals surface area contributed by atoms with E-state index in [0.29, 0.717) is 0 Å². The van der Waals surface area contributed by atoms with Crippen LogP contribution < -0.4 is 5.46 Å². The Morgan fingerprint density at radius 2 is 0.633 bits per heavy atom. The van der Waals surface area contributed by atoms with Crippen molar-refractivity contribution < 1.29 is 9.31 Å². The molecule has 0 atom stereocenters. The largest absolute Gasteiger partial charge is 0.495 e. The molecule has 98 heavy (non-hydrogen) atoms. The van der Waals surface area contributed by atoms with Gasteiger partial charge in [-0.2, -0.15) is 0 Å². The van der Waals surface area contributed by atoms with E-state index in [1.165, 1.54) is 87.2 Å². The fourth-order valence-corrected chi connectivity index (χ4v) is 14.7. The number of nitrogens with zero attached hydrogens (tertiary/aromatic N) is 4. The number of rotatable bonds is 6. The highest BCUT2D eigenvalue weighted by Gasteiger charge is 2.52. The Balaban J connectivity index is 0.000000118. The molecule has 8 heteroatoms. The highest BCUT2D eigenvalue weighted by molar-refractivity contribution is 9.10. The smallest absolute Gasteiger partial charge is 0.399 e. The highest BCUT2D eigenvalue weighted by atomic mass is 79.9. The van der Waals surface area contributed by atoms with Crippen molar-refractivity contribution in [3.8, 4) is 55.9 Å². The van der Waals surface area contributed by atoms with Gasteiger partial charge in [-0.05, 0) is 186 Å². The summed E-state index contributed by atoms with van der Waals surface area (Å²) in [7, 11) is -0.411. The summed E-state index contributed by atoms with van der Waals surface area (Å²) in [6.45, 7) is 8.34. The van der Waals surface area contributed by atoms with Crippen molar-refractivity contribution in [2.24, 2.45) is 0 Å². The van der Waals surface area contributed by atoms with E-state index in [1.807, 2.05) is 24.5 Å². The van der Waals surface area contributed by atoms with Crippen LogP contribution >= 0.6 is 15.9 Å². The van der Waals surface area contributed by atoms with Gasteiger partial charge in [0.2, 0.25) is 0 Å². The van der Waals surface area contributed by atoms with E-state index < -0.39 is 7.12 Å². The van der Waals surface area contributed by atoms with Gasteiger partial charge < -0.3 is 9.31 Å². The van der Waals surface area contributed by atoms with Crippen molar-refractivity contribution in [2.75, 3.05) is 0 Å². The molecule has 18 aromatic rings. The normalized spacial score (nSPS) is 13.4. The minimum absolute atomic E-state index is 0.384. The van der Waals surface area contributed by atoms with E-state index in [4.69, 9.17) is 19.3 Å². The van der Waals surface area contributed by atoms with Gasteiger partial charge in [0.05, 0.1) is 44.7 Å². The lowest BCUT2D eigenvalue weighted by Gasteiger charge is -2.32. The van der Waals surface area contributed by atoms with Gasteiger partial charge in [0.15, 0.2) is 0 Å². The highest BCUT2D eigenvalue weighted by Crippen LogP contribution is 2.43. The average molecular weight is 1320 g/mol. The third-order valence-electron chi connectivity index (χ3n) is 20.0. The van der Waals surface area contributed by atoms with Crippen LogP contribution in [0.3, 0.4) is 0 Å². The lowest BCUT2D eigenvalue weighted by atomic mass is 9.75. The van der Waals surface area contributed by atoms with E-state index >= 15 is 0 Å². The van der Waals surface area contributed by atoms with E-state index in [-0.39, 0.29) is 11.2 Å². The van der Waals surface area contributed by atoms with Crippen LogP contribution in [-0.4, -0.2) is 38.3 Å². The number of hydrogen-bond donors (Lipinski definition) is 0. The first-order valence-electron chi connectivity index (χ1n) is 33.4. The van der Waals surface area contributed by atoms with Crippen LogP contribution in [0.2, 0.25) is 0 Å². The Morgan fingerprint density at radius 3 is 1.13 bits per heavy atom. The van der Waals surface area contributed by atoms with Crippen LogP contribution in [0.1, 0.15) is 27.7 Å². The van der Waals surface area contributed by atoms with E-state index in [1.54, 1.807) is 0 Å². The summed E-state index contributed by atoms with van der Waals surface area (Å²) in [5, 5.41) is 19.3. The minimum atomic E-state index is -0.411. The van der Waals surface area contributed by atoms with Gasteiger partial charge >= 0.3 is 7.12 Å². The molecule has 1 aliphatic rings. The van der Waals surface area contributed by atoms with Crippen molar-refractivity contribution in [3.05, 3.63) is 320 Å². The van der Waals surface area contributed by atoms with E-state index in [2.05, 4.69) is 345 Å². The standard InChI is InChI=1S/C42H26N2.C28H25BN2O2.C20H13Br/c1-2-13-32-31(9-1)26-39(37-17-6-4-14-34(32)37)30-11-7-10-29(25-30)33-21-22-38(36-16-5-3-15-35(33)36)40-23-20-28-19-18-27-12-8-24-43-41(27)42(28)44-40;1-27(2)28(3,4)33-29(32-27)23-15-14-22(20-9-5-6-10-21(20)23)24-16-13-19-12-11-18-8-7-17-30-25(18)26(19)31-24;21-16-8-5-7-14(12-16)20-13-15-6-1-2-9-17(15)18-10-3-4-11-19(18)20/h1-26H;5-17H,1-4H3;1-13H. The summed E-state index contributed by atoms with van der Waals surface area (Å²) in [6.07, 6.45) is 3.67. The van der Waals surface area contributed by atoms with Crippen LogP contribution in [0.15, 0.2) is 320 Å². The summed E-state index contributed by atoms with van der Waals surface area (Å²) < 4.78 is 13.8. The molecule has 0 spiro atoms. The Kier molecular flexibility index (Phi) is 15.3. The number of pyridine rings is 4. The predicted molar refractivity (Wildman–Crippen MR) is 416 cm³/mol.